The van der Waals surface area contributed by atoms with Crippen molar-refractivity contribution in [2.75, 3.05) is 98.1 Å². The molecule has 0 saturated carbocycles. The Morgan fingerprint density at radius 2 is 1.63 bits per heavy atom. The van der Waals surface area contributed by atoms with Crippen LogP contribution in [-0.2, 0) is 22.1 Å². The number of carbonyl (C=O) groups excluding carboxylic acids is 1. The minimum absolute atomic E-state index is 0.00142. The van der Waals surface area contributed by atoms with Gasteiger partial charge in [0, 0.05) is 51.9 Å². The third-order valence-electron chi connectivity index (χ3n) is 9.95. The number of benzene rings is 2. The van der Waals surface area contributed by atoms with Crippen molar-refractivity contribution in [3.8, 4) is 17.2 Å². The van der Waals surface area contributed by atoms with Crippen LogP contribution in [0.5, 0.6) is 17.2 Å². The minimum atomic E-state index is -4.46. The Kier molecular flexibility index (Phi) is 26.3. The molecular formula is C45H73F3N8O4. The first-order valence-corrected chi connectivity index (χ1v) is 21.7. The summed E-state index contributed by atoms with van der Waals surface area (Å²) in [7, 11) is 4.14. The number of carbonyl (C=O) groups is 1. The number of nitrogens with zero attached hydrogens (tertiary/aromatic N) is 5. The van der Waals surface area contributed by atoms with E-state index in [1.54, 1.807) is 0 Å². The maximum absolute atomic E-state index is 12.4. The fraction of sp³-hybridized carbons (Fsp3) is 0.622. The molecule has 6 rings (SSSR count). The van der Waals surface area contributed by atoms with Crippen LogP contribution in [0.2, 0.25) is 0 Å². The van der Waals surface area contributed by atoms with Crippen LogP contribution in [0.4, 0.5) is 19.0 Å². The molecule has 3 aromatic rings. The molecule has 3 aliphatic rings. The lowest BCUT2D eigenvalue weighted by Gasteiger charge is -2.41. The predicted octanol–water partition coefficient (Wildman–Crippen LogP) is 7.31. The molecule has 0 bridgehead atoms. The summed E-state index contributed by atoms with van der Waals surface area (Å²) < 4.78 is 54.0. The number of aryl methyl sites for hydroxylation is 1. The average molecular weight is 847 g/mol. The number of hydrogen-bond acceptors (Lipinski definition) is 12. The number of rotatable bonds is 14. The van der Waals surface area contributed by atoms with E-state index in [1.165, 1.54) is 50.8 Å². The molecular weight excluding hydrogens is 774 g/mol. The molecule has 3 saturated heterocycles. The fourth-order valence-corrected chi connectivity index (χ4v) is 6.71. The second-order valence-corrected chi connectivity index (χ2v) is 14.4. The molecule has 2 aromatic carbocycles. The van der Waals surface area contributed by atoms with Gasteiger partial charge in [0.2, 0.25) is 0 Å². The zero-order valence-electron chi connectivity index (χ0n) is 37.2. The normalized spacial score (nSPS) is 17.5. The van der Waals surface area contributed by atoms with E-state index in [2.05, 4.69) is 61.4 Å². The number of aldehydes is 1. The lowest BCUT2D eigenvalue weighted by atomic mass is 10.0. The fourth-order valence-electron chi connectivity index (χ4n) is 6.71. The number of likely N-dealkylation sites (N-methyl/N-ethyl adjacent to an activating group) is 1. The highest BCUT2D eigenvalue weighted by molar-refractivity contribution is 5.52. The molecule has 60 heavy (non-hydrogen) atoms. The number of halogens is 3. The van der Waals surface area contributed by atoms with Crippen LogP contribution in [0.1, 0.15) is 76.6 Å². The lowest BCUT2D eigenvalue weighted by molar-refractivity contribution is -0.141. The van der Waals surface area contributed by atoms with Crippen molar-refractivity contribution >= 4 is 12.1 Å². The van der Waals surface area contributed by atoms with Crippen molar-refractivity contribution in [1.82, 2.24) is 30.0 Å². The van der Waals surface area contributed by atoms with Crippen molar-refractivity contribution in [2.24, 2.45) is 5.73 Å². The largest absolute Gasteiger partial charge is 0.494 e. The quantitative estimate of drug-likeness (QED) is 0.111. The number of aromatic nitrogens is 2. The summed E-state index contributed by atoms with van der Waals surface area (Å²) in [5, 5.41) is 6.00. The Morgan fingerprint density at radius 3 is 2.22 bits per heavy atom. The maximum Gasteiger partial charge on any atom is 0.434 e. The molecule has 338 valence electrons. The lowest BCUT2D eigenvalue weighted by Crippen LogP contribution is -2.52. The van der Waals surface area contributed by atoms with Gasteiger partial charge in [0.05, 0.1) is 38.2 Å². The van der Waals surface area contributed by atoms with Crippen LogP contribution in [-0.4, -0.2) is 136 Å². The van der Waals surface area contributed by atoms with Crippen molar-refractivity contribution in [3.05, 3.63) is 71.7 Å². The SMILES string of the molecule is CC.CC.CN1CCN(C2CCN(CC=O)CC2)CC1.CNCCCOc1ccc(Oc2ccc(CCN)cc2C)cc1.FC(F)(F)c1cncc(NC2CCCOC2)n1. The van der Waals surface area contributed by atoms with E-state index in [9.17, 15) is 18.0 Å². The number of likely N-dealkylation sites (tertiary alicyclic amines) is 1. The minimum Gasteiger partial charge on any atom is -0.494 e. The maximum atomic E-state index is 12.4. The number of ether oxygens (including phenoxy) is 3. The number of alkyl halides is 3. The first-order valence-electron chi connectivity index (χ1n) is 21.7. The van der Waals surface area contributed by atoms with Crippen molar-refractivity contribution in [1.29, 1.82) is 0 Å². The van der Waals surface area contributed by atoms with Crippen LogP contribution in [0.3, 0.4) is 0 Å². The Balaban J connectivity index is 0.000000303. The topological polar surface area (TPSA) is 130 Å². The van der Waals surface area contributed by atoms with Crippen LogP contribution in [0, 0.1) is 6.92 Å². The third kappa shape index (κ3) is 20.1. The number of piperidine rings is 1. The molecule has 0 radical (unpaired) electrons. The van der Waals surface area contributed by atoms with E-state index in [4.69, 9.17) is 19.9 Å². The molecule has 3 fully saturated rings. The van der Waals surface area contributed by atoms with Gasteiger partial charge in [0.1, 0.15) is 29.4 Å². The zero-order valence-corrected chi connectivity index (χ0v) is 37.2. The molecule has 4 N–H and O–H groups in total. The summed E-state index contributed by atoms with van der Waals surface area (Å²) in [5.74, 6) is 2.68. The highest BCUT2D eigenvalue weighted by Crippen LogP contribution is 2.29. The van der Waals surface area contributed by atoms with Gasteiger partial charge in [-0.3, -0.25) is 14.8 Å². The van der Waals surface area contributed by atoms with Gasteiger partial charge in [-0.25, -0.2) is 4.98 Å². The first-order chi connectivity index (χ1) is 29.1. The predicted molar refractivity (Wildman–Crippen MR) is 236 cm³/mol. The molecule has 1 atom stereocenters. The Bertz CT molecular complexity index is 1550. The Hall–Kier alpha value is -3.86. The second-order valence-electron chi connectivity index (χ2n) is 14.4. The van der Waals surface area contributed by atoms with Crippen LogP contribution in [0.15, 0.2) is 54.9 Å². The number of hydrogen-bond donors (Lipinski definition) is 3. The van der Waals surface area contributed by atoms with Gasteiger partial charge in [-0.1, -0.05) is 39.8 Å². The molecule has 1 unspecified atom stereocenters. The first kappa shape index (κ1) is 52.3. The van der Waals surface area contributed by atoms with Gasteiger partial charge < -0.3 is 40.3 Å². The summed E-state index contributed by atoms with van der Waals surface area (Å²) >= 11 is 0. The van der Waals surface area contributed by atoms with Gasteiger partial charge in [-0.2, -0.15) is 13.2 Å². The second kappa shape index (κ2) is 30.2. The van der Waals surface area contributed by atoms with Gasteiger partial charge in [-0.15, -0.1) is 0 Å². The molecule has 15 heteroatoms. The summed E-state index contributed by atoms with van der Waals surface area (Å²) in [4.78, 5) is 24.8. The Morgan fingerprint density at radius 1 is 0.950 bits per heavy atom. The van der Waals surface area contributed by atoms with E-state index in [0.29, 0.717) is 39.1 Å². The molecule has 12 nitrogen and oxygen atoms in total. The number of piperazine rings is 1. The summed E-state index contributed by atoms with van der Waals surface area (Å²) in [5.41, 5.74) is 6.96. The number of nitrogens with one attached hydrogen (secondary N) is 2. The number of nitrogens with two attached hydrogens (primary N) is 1. The van der Waals surface area contributed by atoms with Crippen molar-refractivity contribution < 1.29 is 32.2 Å². The van der Waals surface area contributed by atoms with E-state index in [1.807, 2.05) is 65.1 Å². The highest BCUT2D eigenvalue weighted by atomic mass is 19.4. The molecule has 1 aromatic heterocycles. The van der Waals surface area contributed by atoms with E-state index < -0.39 is 11.9 Å². The van der Waals surface area contributed by atoms with Crippen molar-refractivity contribution in [3.63, 3.8) is 0 Å². The number of anilines is 1. The van der Waals surface area contributed by atoms with Crippen LogP contribution >= 0.6 is 0 Å². The van der Waals surface area contributed by atoms with Gasteiger partial charge in [-0.05, 0) is 114 Å². The highest BCUT2D eigenvalue weighted by Gasteiger charge is 2.33. The Labute approximate surface area is 357 Å². The van der Waals surface area contributed by atoms with E-state index >= 15 is 0 Å². The third-order valence-corrected chi connectivity index (χ3v) is 9.95. The molecule has 0 amide bonds. The van der Waals surface area contributed by atoms with Crippen LogP contribution in [0.25, 0.3) is 0 Å². The molecule has 4 heterocycles. The van der Waals surface area contributed by atoms with Crippen molar-refractivity contribution in [2.45, 2.75) is 91.4 Å². The average Bonchev–Trinajstić information content (AvgIpc) is 3.27. The summed E-state index contributed by atoms with van der Waals surface area (Å²) in [6, 6.07) is 14.7. The van der Waals surface area contributed by atoms with Gasteiger partial charge >= 0.3 is 6.18 Å². The monoisotopic (exact) mass is 847 g/mol. The standard InChI is InChI=1S/C19H26N2O2.C12H23N3O.C10H12F3N3O.2C2H6/c1-15-14-16(10-11-20)4-9-19(15)23-18-7-5-17(6-8-18)22-13-3-12-21-2;1-13-6-8-15(9-7-13)12-2-4-14(5-3-12)10-11-16;11-10(12,13)8-4-14-5-9(16-8)15-7-2-1-3-17-6-7;2*1-2/h4-9,14,21H,3,10-13,20H2,1-2H3;11-12H,2-10H2,1H3;4-5,7H,1-3,6H2,(H,15,16);2*1-2H3. The zero-order chi connectivity index (χ0) is 44.2. The summed E-state index contributed by atoms with van der Waals surface area (Å²) in [6.45, 7) is 21.2. The van der Waals surface area contributed by atoms with Crippen LogP contribution < -0.4 is 25.8 Å². The molecule has 0 spiro atoms. The molecule has 0 aliphatic carbocycles. The van der Waals surface area contributed by atoms with E-state index in [-0.39, 0.29) is 11.9 Å². The molecule has 3 aliphatic heterocycles. The smallest absolute Gasteiger partial charge is 0.434 e. The van der Waals surface area contributed by atoms with Gasteiger partial charge in [0.15, 0.2) is 5.69 Å². The van der Waals surface area contributed by atoms with Gasteiger partial charge in [0.25, 0.3) is 0 Å². The summed E-state index contributed by atoms with van der Waals surface area (Å²) in [6.07, 6.45) is 4.65. The van der Waals surface area contributed by atoms with E-state index in [0.717, 1.165) is 80.5 Å².